The minimum Gasteiger partial charge on any atom is -0.395 e. The molecule has 2 aromatic heterocycles. The predicted octanol–water partition coefficient (Wildman–Crippen LogP) is 4.77. The molecule has 5 rings (SSSR count). The summed E-state index contributed by atoms with van der Waals surface area (Å²) >= 11 is 12.4. The maximum atomic E-state index is 12.9. The molecule has 0 amide bonds. The van der Waals surface area contributed by atoms with E-state index in [9.17, 15) is 15.2 Å². The summed E-state index contributed by atoms with van der Waals surface area (Å²) in [5, 5.41) is 21.4. The van der Waals surface area contributed by atoms with Crippen molar-refractivity contribution in [2.75, 3.05) is 24.6 Å². The van der Waals surface area contributed by atoms with Gasteiger partial charge in [0.2, 0.25) is 0 Å². The van der Waals surface area contributed by atoms with E-state index in [1.54, 1.807) is 25.2 Å². The van der Waals surface area contributed by atoms with Crippen LogP contribution in [-0.2, 0) is 7.05 Å². The third-order valence-corrected chi connectivity index (χ3v) is 7.79. The molecule has 194 valence electrons. The number of fused-ring (bicyclic) bond motifs is 1. The number of hydrogen-bond donors (Lipinski definition) is 1. The smallest absolute Gasteiger partial charge is 0.252 e. The van der Waals surface area contributed by atoms with Gasteiger partial charge in [0.15, 0.2) is 0 Å². The number of halogens is 2. The Morgan fingerprint density at radius 1 is 1.03 bits per heavy atom. The molecule has 0 unspecified atom stereocenters. The highest BCUT2D eigenvalue weighted by Gasteiger charge is 2.37. The number of aryl methyl sites for hydroxylation is 1. The molecule has 7 nitrogen and oxygen atoms in total. The largest absolute Gasteiger partial charge is 0.395 e. The van der Waals surface area contributed by atoms with Crippen LogP contribution in [-0.4, -0.2) is 51.3 Å². The summed E-state index contributed by atoms with van der Waals surface area (Å²) in [6, 6.07) is 22.2. The summed E-state index contributed by atoms with van der Waals surface area (Å²) in [6.07, 6.45) is 0. The van der Waals surface area contributed by atoms with Gasteiger partial charge in [0.1, 0.15) is 17.3 Å². The number of nitriles is 1. The number of rotatable bonds is 5. The van der Waals surface area contributed by atoms with E-state index in [0.29, 0.717) is 39.9 Å². The highest BCUT2D eigenvalue weighted by Crippen LogP contribution is 2.36. The first-order valence-electron chi connectivity index (χ1n) is 12.4. The zero-order valence-corrected chi connectivity index (χ0v) is 22.6. The molecule has 9 heteroatoms. The minimum atomic E-state index is -0.249. The first-order valence-corrected chi connectivity index (χ1v) is 13.1. The molecule has 1 saturated heterocycles. The number of aliphatic hydroxyl groups is 1. The average molecular weight is 548 g/mol. The Morgan fingerprint density at radius 3 is 2.18 bits per heavy atom. The molecule has 0 saturated carbocycles. The lowest BCUT2D eigenvalue weighted by Crippen LogP contribution is -2.60. The number of anilines is 1. The van der Waals surface area contributed by atoms with Crippen LogP contribution in [0.2, 0.25) is 10.0 Å². The van der Waals surface area contributed by atoms with E-state index in [-0.39, 0.29) is 36.0 Å². The number of pyridine rings is 2. The number of aliphatic hydroxyl groups excluding tert-OH is 1. The van der Waals surface area contributed by atoms with Gasteiger partial charge >= 0.3 is 0 Å². The van der Waals surface area contributed by atoms with Crippen molar-refractivity contribution in [3.63, 3.8) is 0 Å². The lowest BCUT2D eigenvalue weighted by molar-refractivity contribution is 0.0728. The van der Waals surface area contributed by atoms with Crippen LogP contribution in [0, 0.1) is 11.3 Å². The highest BCUT2D eigenvalue weighted by molar-refractivity contribution is 6.30. The monoisotopic (exact) mass is 547 g/mol. The van der Waals surface area contributed by atoms with Gasteiger partial charge in [-0.25, -0.2) is 4.98 Å². The SMILES string of the molecule is C[C@H]1CN(C(c2ccc(Cl)cc2)c2ccc(Cl)cc2)[C@H](CO)CN1c1cc(=O)n(C)c2ccc(C#N)nc12. The molecule has 0 aliphatic carbocycles. The summed E-state index contributed by atoms with van der Waals surface area (Å²) in [5.74, 6) is 0. The van der Waals surface area contributed by atoms with Gasteiger partial charge in [-0.1, -0.05) is 47.5 Å². The molecular formula is C29H27Cl2N5O2. The van der Waals surface area contributed by atoms with Crippen LogP contribution in [0.15, 0.2) is 71.5 Å². The number of hydrogen-bond acceptors (Lipinski definition) is 6. The van der Waals surface area contributed by atoms with Gasteiger partial charge in [-0.15, -0.1) is 0 Å². The summed E-state index contributed by atoms with van der Waals surface area (Å²) in [6.45, 7) is 3.09. The molecule has 1 aliphatic rings. The highest BCUT2D eigenvalue weighted by atomic mass is 35.5. The van der Waals surface area contributed by atoms with Crippen molar-refractivity contribution < 1.29 is 5.11 Å². The molecule has 0 spiro atoms. The second-order valence-electron chi connectivity index (χ2n) is 9.64. The Hall–Kier alpha value is -3.41. The standard InChI is InChI=1S/C29H27Cl2N5O2/c1-18-15-36(29(19-3-7-21(30)8-4-19)20-5-9-22(31)10-6-20)24(17-37)16-35(18)26-13-27(38)34(2)25-12-11-23(14-32)33-28(25)26/h3-13,18,24,29,37H,15-17H2,1-2H3/t18-,24-/m0/s1. The fourth-order valence-electron chi connectivity index (χ4n) is 5.34. The van der Waals surface area contributed by atoms with Crippen molar-refractivity contribution >= 4 is 39.9 Å². The van der Waals surface area contributed by atoms with Gasteiger partial charge in [0.05, 0.1) is 29.9 Å². The average Bonchev–Trinajstić information content (AvgIpc) is 2.93. The Balaban J connectivity index is 1.58. The molecule has 38 heavy (non-hydrogen) atoms. The van der Waals surface area contributed by atoms with E-state index in [0.717, 1.165) is 11.1 Å². The van der Waals surface area contributed by atoms with Crippen LogP contribution in [0.3, 0.4) is 0 Å². The van der Waals surface area contributed by atoms with Gasteiger partial charge < -0.3 is 14.6 Å². The molecule has 3 heterocycles. The molecule has 2 aromatic carbocycles. The zero-order valence-electron chi connectivity index (χ0n) is 21.1. The third kappa shape index (κ3) is 4.89. The van der Waals surface area contributed by atoms with Crippen molar-refractivity contribution in [1.29, 1.82) is 5.26 Å². The molecular weight excluding hydrogens is 521 g/mol. The topological polar surface area (TPSA) is 85.4 Å². The summed E-state index contributed by atoms with van der Waals surface area (Å²) < 4.78 is 1.54. The van der Waals surface area contributed by atoms with Crippen LogP contribution in [0.25, 0.3) is 11.0 Å². The number of aromatic nitrogens is 2. The first-order chi connectivity index (χ1) is 18.3. The fourth-order valence-corrected chi connectivity index (χ4v) is 5.59. The second-order valence-corrected chi connectivity index (χ2v) is 10.5. The summed E-state index contributed by atoms with van der Waals surface area (Å²) in [7, 11) is 1.70. The quantitative estimate of drug-likeness (QED) is 0.387. The molecule has 0 radical (unpaired) electrons. The number of piperazine rings is 1. The van der Waals surface area contributed by atoms with Crippen molar-refractivity contribution in [2.45, 2.75) is 25.0 Å². The van der Waals surface area contributed by atoms with Gasteiger partial charge in [0.25, 0.3) is 5.56 Å². The number of nitrogens with zero attached hydrogens (tertiary/aromatic N) is 5. The first kappa shape index (κ1) is 26.2. The van der Waals surface area contributed by atoms with E-state index in [2.05, 4.69) is 27.8 Å². The van der Waals surface area contributed by atoms with Gasteiger partial charge in [-0.05, 0) is 54.4 Å². The van der Waals surface area contributed by atoms with Crippen LogP contribution >= 0.6 is 23.2 Å². The zero-order chi connectivity index (χ0) is 27.0. The van der Waals surface area contributed by atoms with Gasteiger partial charge in [-0.2, -0.15) is 5.26 Å². The van der Waals surface area contributed by atoms with Crippen LogP contribution in [0.5, 0.6) is 0 Å². The lowest BCUT2D eigenvalue weighted by Gasteiger charge is -2.49. The van der Waals surface area contributed by atoms with Gasteiger partial charge in [-0.3, -0.25) is 9.69 Å². The van der Waals surface area contributed by atoms with Crippen molar-refractivity contribution in [2.24, 2.45) is 7.05 Å². The molecule has 4 aromatic rings. The molecule has 0 bridgehead atoms. The lowest BCUT2D eigenvalue weighted by atomic mass is 9.93. The van der Waals surface area contributed by atoms with E-state index < -0.39 is 0 Å². The second kappa shape index (κ2) is 10.8. The maximum absolute atomic E-state index is 12.9. The molecule has 1 aliphatic heterocycles. The Morgan fingerprint density at radius 2 is 1.63 bits per heavy atom. The minimum absolute atomic E-state index is 0.0252. The Kier molecular flexibility index (Phi) is 7.42. The van der Waals surface area contributed by atoms with E-state index in [1.165, 1.54) is 4.57 Å². The van der Waals surface area contributed by atoms with E-state index in [4.69, 9.17) is 23.2 Å². The maximum Gasteiger partial charge on any atom is 0.252 e. The van der Waals surface area contributed by atoms with E-state index >= 15 is 0 Å². The van der Waals surface area contributed by atoms with Crippen LogP contribution in [0.1, 0.15) is 29.8 Å². The molecule has 2 atom stereocenters. The van der Waals surface area contributed by atoms with Crippen molar-refractivity contribution in [1.82, 2.24) is 14.5 Å². The summed E-state index contributed by atoms with van der Waals surface area (Å²) in [5.41, 5.74) is 4.14. The fraction of sp³-hybridized carbons (Fsp3) is 0.276. The van der Waals surface area contributed by atoms with Crippen LogP contribution < -0.4 is 10.5 Å². The Bertz CT molecular complexity index is 1520. The van der Waals surface area contributed by atoms with Gasteiger partial charge in [0, 0.05) is 42.3 Å². The Labute approximate surface area is 231 Å². The third-order valence-electron chi connectivity index (χ3n) is 7.29. The molecule has 1 fully saturated rings. The van der Waals surface area contributed by atoms with E-state index in [1.807, 2.05) is 48.5 Å². The predicted molar refractivity (Wildman–Crippen MR) is 151 cm³/mol. The number of benzene rings is 2. The van der Waals surface area contributed by atoms with Crippen molar-refractivity contribution in [3.05, 3.63) is 104 Å². The summed E-state index contributed by atoms with van der Waals surface area (Å²) in [4.78, 5) is 21.8. The molecule has 1 N–H and O–H groups in total. The van der Waals surface area contributed by atoms with Crippen molar-refractivity contribution in [3.8, 4) is 6.07 Å². The van der Waals surface area contributed by atoms with Crippen LogP contribution in [0.4, 0.5) is 5.69 Å². The normalized spacial score (nSPS) is 18.2.